The highest BCUT2D eigenvalue weighted by atomic mass is 16.5. The SMILES string of the molecule is COc1cccc2ccnc(CC(N)=O)c12. The van der Waals surface area contributed by atoms with Gasteiger partial charge in [0.2, 0.25) is 5.91 Å². The molecule has 82 valence electrons. The molecule has 0 spiro atoms. The Labute approximate surface area is 93.0 Å². The van der Waals surface area contributed by atoms with Gasteiger partial charge in [0.05, 0.1) is 19.2 Å². The van der Waals surface area contributed by atoms with Gasteiger partial charge in [-0.3, -0.25) is 9.78 Å². The number of fused-ring (bicyclic) bond motifs is 1. The first kappa shape index (κ1) is 10.4. The third-order valence-corrected chi connectivity index (χ3v) is 2.39. The summed E-state index contributed by atoms with van der Waals surface area (Å²) in [5.41, 5.74) is 5.84. The second-order valence-corrected chi connectivity index (χ2v) is 3.46. The molecule has 1 heterocycles. The Hall–Kier alpha value is -2.10. The molecule has 4 heteroatoms. The molecule has 2 N–H and O–H groups in total. The number of hydrogen-bond acceptors (Lipinski definition) is 3. The zero-order valence-electron chi connectivity index (χ0n) is 8.93. The molecule has 0 aliphatic heterocycles. The molecule has 0 unspecified atom stereocenters. The summed E-state index contributed by atoms with van der Waals surface area (Å²) in [5.74, 6) is 0.313. The topological polar surface area (TPSA) is 65.2 Å². The number of rotatable bonds is 3. The monoisotopic (exact) mass is 216 g/mol. The lowest BCUT2D eigenvalue weighted by molar-refractivity contribution is -0.117. The predicted octanol–water partition coefficient (Wildman–Crippen LogP) is 1.27. The molecule has 2 rings (SSSR count). The van der Waals surface area contributed by atoms with Crippen LogP contribution in [-0.4, -0.2) is 18.0 Å². The van der Waals surface area contributed by atoms with E-state index in [0.29, 0.717) is 11.4 Å². The lowest BCUT2D eigenvalue weighted by atomic mass is 10.1. The van der Waals surface area contributed by atoms with Gasteiger partial charge in [-0.2, -0.15) is 0 Å². The Balaban J connectivity index is 2.68. The predicted molar refractivity (Wildman–Crippen MR) is 61.2 cm³/mol. The quantitative estimate of drug-likeness (QED) is 0.840. The Kier molecular flexibility index (Phi) is 2.72. The van der Waals surface area contributed by atoms with Gasteiger partial charge in [0.1, 0.15) is 5.75 Å². The zero-order chi connectivity index (χ0) is 11.5. The lowest BCUT2D eigenvalue weighted by Crippen LogP contribution is -2.14. The summed E-state index contributed by atoms with van der Waals surface area (Å²) >= 11 is 0. The summed E-state index contributed by atoms with van der Waals surface area (Å²) in [4.78, 5) is 15.1. The van der Waals surface area contributed by atoms with Crippen LogP contribution in [0.5, 0.6) is 5.75 Å². The van der Waals surface area contributed by atoms with Crippen LogP contribution in [-0.2, 0) is 11.2 Å². The summed E-state index contributed by atoms with van der Waals surface area (Å²) in [6.45, 7) is 0. The van der Waals surface area contributed by atoms with Crippen LogP contribution >= 0.6 is 0 Å². The van der Waals surface area contributed by atoms with Gasteiger partial charge in [-0.15, -0.1) is 0 Å². The molecular formula is C12H12N2O2. The maximum atomic E-state index is 11.0. The molecule has 0 atom stereocenters. The van der Waals surface area contributed by atoms with Gasteiger partial charge in [-0.05, 0) is 17.5 Å². The Morgan fingerprint density at radius 1 is 1.44 bits per heavy atom. The third-order valence-electron chi connectivity index (χ3n) is 2.39. The van der Waals surface area contributed by atoms with Crippen molar-refractivity contribution in [3.63, 3.8) is 0 Å². The minimum absolute atomic E-state index is 0.123. The number of benzene rings is 1. The zero-order valence-corrected chi connectivity index (χ0v) is 8.93. The number of carbonyl (C=O) groups excluding carboxylic acids is 1. The second-order valence-electron chi connectivity index (χ2n) is 3.46. The normalized spacial score (nSPS) is 10.3. The number of nitrogens with zero attached hydrogens (tertiary/aromatic N) is 1. The minimum Gasteiger partial charge on any atom is -0.496 e. The van der Waals surface area contributed by atoms with Crippen LogP contribution in [0, 0.1) is 0 Å². The molecule has 0 saturated carbocycles. The van der Waals surface area contributed by atoms with Crippen LogP contribution in [0.4, 0.5) is 0 Å². The van der Waals surface area contributed by atoms with E-state index in [2.05, 4.69) is 4.98 Å². The first-order valence-electron chi connectivity index (χ1n) is 4.91. The fourth-order valence-corrected chi connectivity index (χ4v) is 1.74. The Bertz CT molecular complexity index is 532. The number of amides is 1. The largest absolute Gasteiger partial charge is 0.496 e. The molecule has 2 aromatic rings. The van der Waals surface area contributed by atoms with Crippen molar-refractivity contribution in [3.8, 4) is 5.75 Å². The highest BCUT2D eigenvalue weighted by Gasteiger charge is 2.09. The molecule has 16 heavy (non-hydrogen) atoms. The summed E-state index contributed by atoms with van der Waals surface area (Å²) in [7, 11) is 1.59. The number of methoxy groups -OCH3 is 1. The van der Waals surface area contributed by atoms with Crippen molar-refractivity contribution < 1.29 is 9.53 Å². The van der Waals surface area contributed by atoms with Gasteiger partial charge in [0.25, 0.3) is 0 Å². The number of hydrogen-bond donors (Lipinski definition) is 1. The van der Waals surface area contributed by atoms with E-state index in [0.717, 1.165) is 10.8 Å². The molecule has 0 bridgehead atoms. The van der Waals surface area contributed by atoms with Crippen LogP contribution in [0.1, 0.15) is 5.69 Å². The van der Waals surface area contributed by atoms with Crippen molar-refractivity contribution in [1.82, 2.24) is 4.98 Å². The van der Waals surface area contributed by atoms with Gasteiger partial charge in [-0.25, -0.2) is 0 Å². The summed E-state index contributed by atoms with van der Waals surface area (Å²) in [6, 6.07) is 7.57. The van der Waals surface area contributed by atoms with E-state index in [-0.39, 0.29) is 6.42 Å². The smallest absolute Gasteiger partial charge is 0.223 e. The van der Waals surface area contributed by atoms with E-state index in [1.54, 1.807) is 13.3 Å². The van der Waals surface area contributed by atoms with E-state index < -0.39 is 5.91 Å². The number of primary amides is 1. The van der Waals surface area contributed by atoms with Crippen LogP contribution in [0.2, 0.25) is 0 Å². The molecule has 1 aromatic carbocycles. The van der Waals surface area contributed by atoms with Crippen LogP contribution < -0.4 is 10.5 Å². The van der Waals surface area contributed by atoms with E-state index in [1.165, 1.54) is 0 Å². The maximum Gasteiger partial charge on any atom is 0.223 e. The van der Waals surface area contributed by atoms with Crippen molar-refractivity contribution in [3.05, 3.63) is 36.2 Å². The lowest BCUT2D eigenvalue weighted by Gasteiger charge is -2.08. The molecule has 1 amide bonds. The van der Waals surface area contributed by atoms with Crippen molar-refractivity contribution >= 4 is 16.7 Å². The van der Waals surface area contributed by atoms with Crippen molar-refractivity contribution in [2.75, 3.05) is 7.11 Å². The van der Waals surface area contributed by atoms with Gasteiger partial charge in [0, 0.05) is 11.6 Å². The minimum atomic E-state index is -0.397. The second kappa shape index (κ2) is 4.18. The number of nitrogens with two attached hydrogens (primary N) is 1. The fraction of sp³-hybridized carbons (Fsp3) is 0.167. The van der Waals surface area contributed by atoms with Gasteiger partial charge in [-0.1, -0.05) is 12.1 Å². The molecule has 0 aliphatic rings. The molecule has 0 saturated heterocycles. The van der Waals surface area contributed by atoms with Crippen LogP contribution in [0.15, 0.2) is 30.5 Å². The van der Waals surface area contributed by atoms with Crippen LogP contribution in [0.25, 0.3) is 10.8 Å². The molecule has 1 aromatic heterocycles. The van der Waals surface area contributed by atoms with Gasteiger partial charge < -0.3 is 10.5 Å². The Morgan fingerprint density at radius 3 is 2.94 bits per heavy atom. The average molecular weight is 216 g/mol. The van der Waals surface area contributed by atoms with Crippen molar-refractivity contribution in [1.29, 1.82) is 0 Å². The first-order valence-corrected chi connectivity index (χ1v) is 4.91. The summed E-state index contributed by atoms with van der Waals surface area (Å²) in [6.07, 6.45) is 1.79. The van der Waals surface area contributed by atoms with E-state index in [1.807, 2.05) is 24.3 Å². The maximum absolute atomic E-state index is 11.0. The van der Waals surface area contributed by atoms with Crippen molar-refractivity contribution in [2.24, 2.45) is 5.73 Å². The fourth-order valence-electron chi connectivity index (χ4n) is 1.74. The van der Waals surface area contributed by atoms with E-state index >= 15 is 0 Å². The number of pyridine rings is 1. The van der Waals surface area contributed by atoms with Gasteiger partial charge >= 0.3 is 0 Å². The van der Waals surface area contributed by atoms with Gasteiger partial charge in [0.15, 0.2) is 0 Å². The molecule has 0 fully saturated rings. The standard InChI is InChI=1S/C12H12N2O2/c1-16-10-4-2-3-8-5-6-14-9(12(8)10)7-11(13)15/h2-6H,7H2,1H3,(H2,13,15). The molecule has 0 radical (unpaired) electrons. The number of aromatic nitrogens is 1. The molecular weight excluding hydrogens is 204 g/mol. The first-order chi connectivity index (χ1) is 7.72. The van der Waals surface area contributed by atoms with E-state index in [4.69, 9.17) is 10.5 Å². The summed E-state index contributed by atoms with van der Waals surface area (Å²) < 4.78 is 5.26. The number of ether oxygens (including phenoxy) is 1. The highest BCUT2D eigenvalue weighted by molar-refractivity contribution is 5.92. The number of carbonyl (C=O) groups is 1. The summed E-state index contributed by atoms with van der Waals surface area (Å²) in [5, 5.41) is 1.84. The average Bonchev–Trinajstić information content (AvgIpc) is 2.28. The highest BCUT2D eigenvalue weighted by Crippen LogP contribution is 2.27. The van der Waals surface area contributed by atoms with Crippen molar-refractivity contribution in [2.45, 2.75) is 6.42 Å². The van der Waals surface area contributed by atoms with Crippen LogP contribution in [0.3, 0.4) is 0 Å². The van der Waals surface area contributed by atoms with E-state index in [9.17, 15) is 4.79 Å². The molecule has 0 aliphatic carbocycles. The molecule has 4 nitrogen and oxygen atoms in total. The third kappa shape index (κ3) is 1.82. The Morgan fingerprint density at radius 2 is 2.25 bits per heavy atom.